The van der Waals surface area contributed by atoms with Crippen LogP contribution in [0.4, 0.5) is 5.95 Å². The lowest BCUT2D eigenvalue weighted by atomic mass is 9.91. The lowest BCUT2D eigenvalue weighted by molar-refractivity contribution is -0.138. The first kappa shape index (κ1) is 20.7. The number of nitrogens with two attached hydrogens (primary N) is 1. The van der Waals surface area contributed by atoms with E-state index in [-0.39, 0.29) is 23.6 Å². The molecule has 4 aromatic rings. The van der Waals surface area contributed by atoms with Crippen molar-refractivity contribution >= 4 is 45.5 Å². The number of carboxylic acids is 2. The van der Waals surface area contributed by atoms with Crippen molar-refractivity contribution in [2.24, 2.45) is 0 Å². The van der Waals surface area contributed by atoms with Crippen LogP contribution in [0.5, 0.6) is 0 Å². The molecule has 0 aliphatic rings. The minimum absolute atomic E-state index is 0.0101. The van der Waals surface area contributed by atoms with Crippen molar-refractivity contribution in [2.45, 2.75) is 12.3 Å². The molecule has 0 radical (unpaired) electrons. The highest BCUT2D eigenvalue weighted by molar-refractivity contribution is 6.07. The summed E-state index contributed by atoms with van der Waals surface area (Å²) in [5.41, 5.74) is 6.24. The number of nitrogen functional groups attached to an aromatic ring is 1. The second-order valence-corrected chi connectivity index (χ2v) is 7.31. The zero-order valence-electron chi connectivity index (χ0n) is 16.7. The molecular weight excluding hydrogens is 412 g/mol. The van der Waals surface area contributed by atoms with Gasteiger partial charge in [-0.2, -0.15) is 0 Å². The zero-order valence-corrected chi connectivity index (χ0v) is 16.7. The first-order valence-corrected chi connectivity index (χ1v) is 9.57. The van der Waals surface area contributed by atoms with E-state index in [1.807, 2.05) is 24.3 Å². The fourth-order valence-electron chi connectivity index (χ4n) is 3.55. The van der Waals surface area contributed by atoms with Gasteiger partial charge in [0.1, 0.15) is 5.69 Å². The van der Waals surface area contributed by atoms with Crippen LogP contribution in [0.1, 0.15) is 28.4 Å². The minimum atomic E-state index is -1.27. The van der Waals surface area contributed by atoms with Crippen LogP contribution in [-0.4, -0.2) is 42.6 Å². The van der Waals surface area contributed by atoms with Crippen molar-refractivity contribution in [2.75, 3.05) is 5.73 Å². The number of aromatic nitrogens is 3. The van der Waals surface area contributed by atoms with Gasteiger partial charge < -0.3 is 15.9 Å². The Morgan fingerprint density at radius 1 is 1.03 bits per heavy atom. The van der Waals surface area contributed by atoms with Gasteiger partial charge in [0.15, 0.2) is 0 Å². The number of aliphatic carboxylic acids is 2. The number of benzene rings is 2. The molecule has 160 valence electrons. The fraction of sp³-hybridized carbons (Fsp3) is 0.0870. The molecule has 0 aliphatic heterocycles. The highest BCUT2D eigenvalue weighted by atomic mass is 16.4. The predicted octanol–water partition coefficient (Wildman–Crippen LogP) is 3.05. The molecule has 9 heteroatoms. The molecule has 0 aliphatic carbocycles. The van der Waals surface area contributed by atoms with Crippen molar-refractivity contribution < 1.29 is 24.6 Å². The zero-order chi connectivity index (χ0) is 23.0. The minimum Gasteiger partial charge on any atom is -0.481 e. The van der Waals surface area contributed by atoms with Crippen LogP contribution < -0.4 is 5.73 Å². The van der Waals surface area contributed by atoms with E-state index < -0.39 is 23.8 Å². The van der Waals surface area contributed by atoms with Gasteiger partial charge >= 0.3 is 11.9 Å². The molecule has 9 nitrogen and oxygen atoms in total. The summed E-state index contributed by atoms with van der Waals surface area (Å²) in [7, 11) is 0. The largest absolute Gasteiger partial charge is 0.481 e. The summed E-state index contributed by atoms with van der Waals surface area (Å²) < 4.78 is 1.39. The summed E-state index contributed by atoms with van der Waals surface area (Å²) in [6.07, 6.45) is 3.05. The van der Waals surface area contributed by atoms with Crippen LogP contribution in [0, 0.1) is 0 Å². The third kappa shape index (κ3) is 3.79. The van der Waals surface area contributed by atoms with E-state index in [1.54, 1.807) is 12.4 Å². The van der Waals surface area contributed by atoms with Crippen molar-refractivity contribution in [1.82, 2.24) is 14.5 Å². The van der Waals surface area contributed by atoms with Crippen molar-refractivity contribution in [3.63, 3.8) is 0 Å². The molecule has 4 rings (SSSR count). The summed E-state index contributed by atoms with van der Waals surface area (Å²) in [5, 5.41) is 20.8. The van der Waals surface area contributed by atoms with Gasteiger partial charge in [-0.25, -0.2) is 14.8 Å². The monoisotopic (exact) mass is 430 g/mol. The van der Waals surface area contributed by atoms with E-state index >= 15 is 0 Å². The average molecular weight is 430 g/mol. The highest BCUT2D eigenvalue weighted by Crippen LogP contribution is 2.28. The fourth-order valence-corrected chi connectivity index (χ4v) is 3.55. The molecule has 0 amide bonds. The maximum atomic E-state index is 13.3. The number of carbonyl (C=O) groups is 3. The van der Waals surface area contributed by atoms with Gasteiger partial charge in [0.05, 0.1) is 11.4 Å². The molecule has 4 N–H and O–H groups in total. The molecular formula is C23H18N4O5. The normalized spacial score (nSPS) is 12.0. The Labute approximate surface area is 181 Å². The first-order valence-electron chi connectivity index (χ1n) is 9.57. The Morgan fingerprint density at radius 3 is 2.28 bits per heavy atom. The number of anilines is 1. The number of carbonyl (C=O) groups excluding carboxylic acids is 1. The molecule has 0 saturated heterocycles. The van der Waals surface area contributed by atoms with Gasteiger partial charge in [-0.1, -0.05) is 36.9 Å². The second-order valence-electron chi connectivity index (χ2n) is 7.31. The topological polar surface area (TPSA) is 148 Å². The van der Waals surface area contributed by atoms with Crippen LogP contribution in [0.2, 0.25) is 0 Å². The van der Waals surface area contributed by atoms with Gasteiger partial charge in [0, 0.05) is 23.4 Å². The average Bonchev–Trinajstić information content (AvgIpc) is 3.20. The predicted molar refractivity (Wildman–Crippen MR) is 117 cm³/mol. The third-order valence-corrected chi connectivity index (χ3v) is 5.18. The molecule has 0 fully saturated rings. The van der Waals surface area contributed by atoms with E-state index in [4.69, 9.17) is 10.8 Å². The standard InChI is InChI=1S/C23H18N4O5/c1-12(21(29)30)8-16(22(31)32)13-6-7-18-17(9-13)19(26-23(24)25-18)20(28)27-10-14-4-2-3-5-15(14)11-27/h2-7,9-11,16H,1,8H2,(H,29,30)(H,31,32)(H2,24,25,26). The molecule has 0 bridgehead atoms. The number of nitrogens with zero attached hydrogens (tertiary/aromatic N) is 3. The Hall–Kier alpha value is -4.53. The summed E-state index contributed by atoms with van der Waals surface area (Å²) in [5.74, 6) is -4.22. The Balaban J connectivity index is 1.83. The first-order chi connectivity index (χ1) is 15.2. The molecule has 2 aromatic carbocycles. The number of carboxylic acid groups (broad SMARTS) is 2. The van der Waals surface area contributed by atoms with E-state index in [0.717, 1.165) is 10.8 Å². The van der Waals surface area contributed by atoms with E-state index in [0.29, 0.717) is 16.5 Å². The van der Waals surface area contributed by atoms with Gasteiger partial charge in [-0.15, -0.1) is 0 Å². The van der Waals surface area contributed by atoms with Crippen LogP contribution in [0.3, 0.4) is 0 Å². The van der Waals surface area contributed by atoms with Crippen LogP contribution >= 0.6 is 0 Å². The molecule has 0 saturated carbocycles. The number of fused-ring (bicyclic) bond motifs is 2. The molecule has 1 atom stereocenters. The Kier molecular flexibility index (Phi) is 5.15. The molecule has 1 unspecified atom stereocenters. The van der Waals surface area contributed by atoms with Crippen LogP contribution in [0.25, 0.3) is 21.7 Å². The number of hydrogen-bond donors (Lipinski definition) is 3. The van der Waals surface area contributed by atoms with Crippen LogP contribution in [0.15, 0.2) is 67.0 Å². The quantitative estimate of drug-likeness (QED) is 0.395. The van der Waals surface area contributed by atoms with Gasteiger partial charge in [-0.05, 0) is 34.9 Å². The number of hydrogen-bond acceptors (Lipinski definition) is 6. The van der Waals surface area contributed by atoms with Gasteiger partial charge in [0.25, 0.3) is 5.91 Å². The van der Waals surface area contributed by atoms with Crippen LogP contribution in [-0.2, 0) is 9.59 Å². The van der Waals surface area contributed by atoms with E-state index in [1.165, 1.54) is 22.8 Å². The lowest BCUT2D eigenvalue weighted by Gasteiger charge is -2.14. The van der Waals surface area contributed by atoms with Gasteiger partial charge in [-0.3, -0.25) is 14.2 Å². The smallest absolute Gasteiger partial charge is 0.330 e. The van der Waals surface area contributed by atoms with E-state index in [9.17, 15) is 19.5 Å². The Morgan fingerprint density at radius 2 is 1.69 bits per heavy atom. The van der Waals surface area contributed by atoms with Crippen molar-refractivity contribution in [3.8, 4) is 0 Å². The lowest BCUT2D eigenvalue weighted by Crippen LogP contribution is -2.16. The van der Waals surface area contributed by atoms with Crippen molar-refractivity contribution in [1.29, 1.82) is 0 Å². The van der Waals surface area contributed by atoms with Crippen molar-refractivity contribution in [3.05, 3.63) is 78.3 Å². The molecule has 0 spiro atoms. The van der Waals surface area contributed by atoms with E-state index in [2.05, 4.69) is 16.5 Å². The SMILES string of the molecule is C=C(CC(C(=O)O)c1ccc2nc(N)nc(C(=O)n3cc4ccccc4c3)c2c1)C(=O)O. The molecule has 2 heterocycles. The summed E-state index contributed by atoms with van der Waals surface area (Å²) in [6, 6.07) is 12.0. The molecule has 2 aromatic heterocycles. The second kappa shape index (κ2) is 7.95. The van der Waals surface area contributed by atoms with Gasteiger partial charge in [0.2, 0.25) is 5.95 Å². The Bertz CT molecular complexity index is 1390. The molecule has 32 heavy (non-hydrogen) atoms. The summed E-state index contributed by atoms with van der Waals surface area (Å²) in [6.45, 7) is 3.42. The highest BCUT2D eigenvalue weighted by Gasteiger charge is 2.25. The summed E-state index contributed by atoms with van der Waals surface area (Å²) >= 11 is 0. The maximum Gasteiger partial charge on any atom is 0.330 e. The number of rotatable bonds is 6. The third-order valence-electron chi connectivity index (χ3n) is 5.18. The maximum absolute atomic E-state index is 13.3. The summed E-state index contributed by atoms with van der Waals surface area (Å²) in [4.78, 5) is 44.5.